The van der Waals surface area contributed by atoms with Gasteiger partial charge in [0.1, 0.15) is 6.10 Å². The van der Waals surface area contributed by atoms with Gasteiger partial charge in [-0.25, -0.2) is 4.98 Å². The van der Waals surface area contributed by atoms with Gasteiger partial charge in [-0.05, 0) is 6.07 Å². The zero-order chi connectivity index (χ0) is 11.2. The molecule has 82 valence electrons. The number of pyridine rings is 1. The van der Waals surface area contributed by atoms with E-state index in [2.05, 4.69) is 9.97 Å². The summed E-state index contributed by atoms with van der Waals surface area (Å²) in [5.74, 6) is 0. The highest BCUT2D eigenvalue weighted by atomic mass is 32.1. The van der Waals surface area contributed by atoms with Crippen LogP contribution in [-0.2, 0) is 16.0 Å². The van der Waals surface area contributed by atoms with Crippen LogP contribution in [0, 0.1) is 0 Å². The zero-order valence-electron chi connectivity index (χ0n) is 8.45. The van der Waals surface area contributed by atoms with E-state index in [9.17, 15) is 4.79 Å². The van der Waals surface area contributed by atoms with Gasteiger partial charge in [-0.3, -0.25) is 9.78 Å². The van der Waals surface area contributed by atoms with Crippen molar-refractivity contribution < 1.29 is 9.53 Å². The van der Waals surface area contributed by atoms with Gasteiger partial charge >= 0.3 is 0 Å². The van der Waals surface area contributed by atoms with E-state index in [1.807, 2.05) is 17.5 Å². The van der Waals surface area contributed by atoms with E-state index in [-0.39, 0.29) is 6.10 Å². The Hall–Kier alpha value is -1.75. The summed E-state index contributed by atoms with van der Waals surface area (Å²) in [6.45, 7) is 0.464. The van der Waals surface area contributed by atoms with Crippen LogP contribution >= 0.6 is 11.3 Å². The van der Waals surface area contributed by atoms with Gasteiger partial charge in [0.15, 0.2) is 0 Å². The third kappa shape index (κ3) is 2.64. The minimum atomic E-state index is -0.308. The second-order valence-electron chi connectivity index (χ2n) is 3.14. The molecule has 2 rings (SSSR count). The van der Waals surface area contributed by atoms with Crippen LogP contribution in [0.4, 0.5) is 0 Å². The zero-order valence-corrected chi connectivity index (χ0v) is 9.26. The number of carbonyl (C=O) groups is 1. The summed E-state index contributed by atoms with van der Waals surface area (Å²) >= 11 is 1.54. The topological polar surface area (TPSA) is 52.1 Å². The molecule has 0 N–H and O–H groups in total. The quantitative estimate of drug-likeness (QED) is 0.742. The van der Waals surface area contributed by atoms with Crippen LogP contribution in [0.1, 0.15) is 16.7 Å². The van der Waals surface area contributed by atoms with E-state index in [1.165, 1.54) is 0 Å². The Bertz CT molecular complexity index is 431. The Morgan fingerprint density at radius 3 is 3.06 bits per heavy atom. The van der Waals surface area contributed by atoms with E-state index >= 15 is 0 Å². The second-order valence-corrected chi connectivity index (χ2v) is 4.12. The van der Waals surface area contributed by atoms with Crippen molar-refractivity contribution in [3.63, 3.8) is 0 Å². The molecule has 0 radical (unpaired) electrons. The van der Waals surface area contributed by atoms with Gasteiger partial charge < -0.3 is 4.74 Å². The van der Waals surface area contributed by atoms with Gasteiger partial charge in [-0.2, -0.15) is 0 Å². The van der Waals surface area contributed by atoms with Crippen LogP contribution in [0.3, 0.4) is 0 Å². The fraction of sp³-hybridized carbons (Fsp3) is 0.182. The molecule has 2 aromatic rings. The first kappa shape index (κ1) is 10.8. The average Bonchev–Trinajstić information content (AvgIpc) is 2.83. The summed E-state index contributed by atoms with van der Waals surface area (Å²) in [6.07, 6.45) is 5.40. The van der Waals surface area contributed by atoms with Gasteiger partial charge in [0.2, 0.25) is 0 Å². The van der Waals surface area contributed by atoms with Crippen molar-refractivity contribution in [1.29, 1.82) is 0 Å². The summed E-state index contributed by atoms with van der Waals surface area (Å²) in [4.78, 5) is 18.6. The average molecular weight is 234 g/mol. The molecule has 1 unspecified atom stereocenters. The normalized spacial score (nSPS) is 12.0. The summed E-state index contributed by atoms with van der Waals surface area (Å²) in [6, 6.07) is 3.70. The number of hydrogen-bond donors (Lipinski definition) is 0. The summed E-state index contributed by atoms with van der Waals surface area (Å²) in [5, 5.41) is 2.84. The van der Waals surface area contributed by atoms with E-state index in [0.29, 0.717) is 12.9 Å². The first-order chi connectivity index (χ1) is 7.90. The molecular weight excluding hydrogens is 224 g/mol. The monoisotopic (exact) mass is 234 g/mol. The fourth-order valence-corrected chi connectivity index (χ4v) is 2.04. The Morgan fingerprint density at radius 2 is 2.44 bits per heavy atom. The fourth-order valence-electron chi connectivity index (χ4n) is 1.39. The van der Waals surface area contributed by atoms with Crippen molar-refractivity contribution in [2.75, 3.05) is 0 Å². The lowest BCUT2D eigenvalue weighted by Crippen LogP contribution is -2.07. The van der Waals surface area contributed by atoms with E-state index in [4.69, 9.17) is 4.74 Å². The molecule has 0 bridgehead atoms. The lowest BCUT2D eigenvalue weighted by molar-refractivity contribution is -0.133. The van der Waals surface area contributed by atoms with Crippen molar-refractivity contribution >= 4 is 17.8 Å². The third-order valence-corrected chi connectivity index (χ3v) is 2.92. The van der Waals surface area contributed by atoms with Crippen LogP contribution in [0.5, 0.6) is 0 Å². The summed E-state index contributed by atoms with van der Waals surface area (Å²) < 4.78 is 5.05. The summed E-state index contributed by atoms with van der Waals surface area (Å²) in [7, 11) is 0. The predicted octanol–water partition coefficient (Wildman–Crippen LogP) is 1.99. The van der Waals surface area contributed by atoms with Gasteiger partial charge in [-0.15, -0.1) is 11.3 Å². The minimum absolute atomic E-state index is 0.308. The molecule has 0 aromatic carbocycles. The molecule has 0 amide bonds. The Morgan fingerprint density at radius 1 is 1.50 bits per heavy atom. The molecule has 0 spiro atoms. The highest BCUT2D eigenvalue weighted by Gasteiger charge is 2.14. The highest BCUT2D eigenvalue weighted by molar-refractivity contribution is 7.09. The van der Waals surface area contributed by atoms with Crippen molar-refractivity contribution in [1.82, 2.24) is 9.97 Å². The summed E-state index contributed by atoms with van der Waals surface area (Å²) in [5.41, 5.74) is 0.879. The number of thiazole rings is 1. The number of ether oxygens (including phenoxy) is 1. The predicted molar refractivity (Wildman–Crippen MR) is 59.9 cm³/mol. The first-order valence-electron chi connectivity index (χ1n) is 4.77. The molecule has 0 aliphatic heterocycles. The molecule has 0 aliphatic rings. The van der Waals surface area contributed by atoms with Gasteiger partial charge in [0.05, 0.1) is 5.01 Å². The molecule has 0 saturated carbocycles. The SMILES string of the molecule is O=COC(Cc1nccs1)c1cccnc1. The van der Waals surface area contributed by atoms with Crippen molar-refractivity contribution in [3.05, 3.63) is 46.7 Å². The van der Waals surface area contributed by atoms with Crippen LogP contribution < -0.4 is 0 Å². The minimum Gasteiger partial charge on any atom is -0.459 e. The smallest absolute Gasteiger partial charge is 0.293 e. The van der Waals surface area contributed by atoms with Gasteiger partial charge in [0.25, 0.3) is 6.47 Å². The van der Waals surface area contributed by atoms with E-state index in [0.717, 1.165) is 10.6 Å². The number of carbonyl (C=O) groups excluding carboxylic acids is 1. The molecular formula is C11H10N2O2S. The standard InChI is InChI=1S/C11H10N2O2S/c14-8-15-10(6-11-13-4-5-16-11)9-2-1-3-12-7-9/h1-5,7-8,10H,6H2. The molecule has 0 fully saturated rings. The van der Waals surface area contributed by atoms with Gasteiger partial charge in [-0.1, -0.05) is 6.07 Å². The molecule has 0 saturated heterocycles. The molecule has 2 heterocycles. The maximum Gasteiger partial charge on any atom is 0.293 e. The largest absolute Gasteiger partial charge is 0.459 e. The lowest BCUT2D eigenvalue weighted by Gasteiger charge is -2.13. The molecule has 1 atom stereocenters. The number of hydrogen-bond acceptors (Lipinski definition) is 5. The third-order valence-electron chi connectivity index (χ3n) is 2.12. The Balaban J connectivity index is 2.14. The number of rotatable bonds is 5. The Labute approximate surface area is 96.9 Å². The van der Waals surface area contributed by atoms with Gasteiger partial charge in [0, 0.05) is 36.0 Å². The first-order valence-corrected chi connectivity index (χ1v) is 5.65. The van der Waals surface area contributed by atoms with Crippen LogP contribution in [-0.4, -0.2) is 16.4 Å². The van der Waals surface area contributed by atoms with Crippen LogP contribution in [0.25, 0.3) is 0 Å². The van der Waals surface area contributed by atoms with E-state index in [1.54, 1.807) is 29.9 Å². The van der Waals surface area contributed by atoms with Crippen molar-refractivity contribution in [2.24, 2.45) is 0 Å². The Kier molecular flexibility index (Phi) is 3.61. The van der Waals surface area contributed by atoms with E-state index < -0.39 is 0 Å². The maximum absolute atomic E-state index is 10.5. The van der Waals surface area contributed by atoms with Crippen molar-refractivity contribution in [3.8, 4) is 0 Å². The number of aromatic nitrogens is 2. The molecule has 5 heteroatoms. The van der Waals surface area contributed by atoms with Crippen LogP contribution in [0.2, 0.25) is 0 Å². The molecule has 2 aromatic heterocycles. The molecule has 0 aliphatic carbocycles. The number of nitrogens with zero attached hydrogens (tertiary/aromatic N) is 2. The highest BCUT2D eigenvalue weighted by Crippen LogP contribution is 2.21. The molecule has 16 heavy (non-hydrogen) atoms. The lowest BCUT2D eigenvalue weighted by atomic mass is 10.1. The molecule has 4 nitrogen and oxygen atoms in total. The second kappa shape index (κ2) is 5.37. The van der Waals surface area contributed by atoms with Crippen LogP contribution in [0.15, 0.2) is 36.1 Å². The maximum atomic E-state index is 10.5. The van der Waals surface area contributed by atoms with Crippen molar-refractivity contribution in [2.45, 2.75) is 12.5 Å².